The number of carbonyl (C=O) groups is 1. The van der Waals surface area contributed by atoms with Gasteiger partial charge in [-0.05, 0) is 65.7 Å². The standard InChI is InChI=1S/C18H25BrFN3O/c19-16-11-14(20)5-6-17(16)22-18(24)21-15-7-9-23(10-8-15)12-13-3-1-2-4-13/h5-6,11,13,15H,1-4,7-10,12H2,(H2,21,22,24). The Kier molecular flexibility index (Phi) is 6.11. The Morgan fingerprint density at radius 1 is 1.21 bits per heavy atom. The van der Waals surface area contributed by atoms with E-state index in [1.54, 1.807) is 6.07 Å². The van der Waals surface area contributed by atoms with E-state index in [9.17, 15) is 9.18 Å². The van der Waals surface area contributed by atoms with Gasteiger partial charge >= 0.3 is 6.03 Å². The van der Waals surface area contributed by atoms with Crippen molar-refractivity contribution in [3.05, 3.63) is 28.5 Å². The molecule has 0 bridgehead atoms. The fourth-order valence-corrected chi connectivity index (χ4v) is 4.20. The van der Waals surface area contributed by atoms with E-state index in [1.165, 1.54) is 44.4 Å². The van der Waals surface area contributed by atoms with Crippen LogP contribution in [0.4, 0.5) is 14.9 Å². The minimum absolute atomic E-state index is 0.212. The van der Waals surface area contributed by atoms with Gasteiger partial charge in [-0.3, -0.25) is 0 Å². The van der Waals surface area contributed by atoms with Gasteiger partial charge in [0.1, 0.15) is 5.82 Å². The predicted molar refractivity (Wildman–Crippen MR) is 97.7 cm³/mol. The molecule has 0 atom stereocenters. The first-order chi connectivity index (χ1) is 11.6. The lowest BCUT2D eigenvalue weighted by atomic mass is 10.0. The number of nitrogens with one attached hydrogen (secondary N) is 2. The van der Waals surface area contributed by atoms with Crippen LogP contribution in [0.25, 0.3) is 0 Å². The van der Waals surface area contributed by atoms with Crippen LogP contribution in [0.3, 0.4) is 0 Å². The van der Waals surface area contributed by atoms with Gasteiger partial charge in [0.2, 0.25) is 0 Å². The number of rotatable bonds is 4. The van der Waals surface area contributed by atoms with Gasteiger partial charge in [-0.15, -0.1) is 0 Å². The van der Waals surface area contributed by atoms with Crippen molar-refractivity contribution < 1.29 is 9.18 Å². The molecule has 2 N–H and O–H groups in total. The maximum atomic E-state index is 13.1. The molecule has 0 unspecified atom stereocenters. The SMILES string of the molecule is O=C(Nc1ccc(F)cc1Br)NC1CCN(CC2CCCC2)CC1. The Balaban J connectivity index is 1.41. The van der Waals surface area contributed by atoms with Crippen molar-refractivity contribution in [1.29, 1.82) is 0 Å². The second-order valence-corrected chi connectivity index (χ2v) is 7.80. The molecule has 24 heavy (non-hydrogen) atoms. The second-order valence-electron chi connectivity index (χ2n) is 6.95. The number of likely N-dealkylation sites (tertiary alicyclic amines) is 1. The molecule has 1 aromatic carbocycles. The first kappa shape index (κ1) is 17.7. The molecule has 4 nitrogen and oxygen atoms in total. The van der Waals surface area contributed by atoms with Crippen molar-refractivity contribution in [2.75, 3.05) is 25.0 Å². The van der Waals surface area contributed by atoms with E-state index < -0.39 is 0 Å². The smallest absolute Gasteiger partial charge is 0.319 e. The van der Waals surface area contributed by atoms with E-state index in [2.05, 4.69) is 31.5 Å². The lowest BCUT2D eigenvalue weighted by Crippen LogP contribution is -2.46. The monoisotopic (exact) mass is 397 g/mol. The molecule has 1 aromatic rings. The largest absolute Gasteiger partial charge is 0.335 e. The van der Waals surface area contributed by atoms with Crippen molar-refractivity contribution in [1.82, 2.24) is 10.2 Å². The molecule has 2 aliphatic rings. The van der Waals surface area contributed by atoms with Gasteiger partial charge in [0, 0.05) is 30.1 Å². The number of nitrogens with zero attached hydrogens (tertiary/aromatic N) is 1. The normalized spacial score (nSPS) is 20.2. The zero-order chi connectivity index (χ0) is 16.9. The summed E-state index contributed by atoms with van der Waals surface area (Å²) in [5.74, 6) is 0.552. The number of urea groups is 1. The summed E-state index contributed by atoms with van der Waals surface area (Å²) in [6.07, 6.45) is 7.53. The number of halogens is 2. The van der Waals surface area contributed by atoms with E-state index >= 15 is 0 Å². The van der Waals surface area contributed by atoms with Crippen LogP contribution in [-0.4, -0.2) is 36.6 Å². The zero-order valence-corrected chi connectivity index (χ0v) is 15.4. The molecule has 0 aromatic heterocycles. The molecule has 2 fully saturated rings. The quantitative estimate of drug-likeness (QED) is 0.792. The summed E-state index contributed by atoms with van der Waals surface area (Å²) in [5, 5.41) is 5.81. The number of anilines is 1. The fourth-order valence-electron chi connectivity index (χ4n) is 3.75. The Labute approximate surface area is 151 Å². The molecular weight excluding hydrogens is 373 g/mol. The van der Waals surface area contributed by atoms with Crippen molar-refractivity contribution >= 4 is 27.6 Å². The summed E-state index contributed by atoms with van der Waals surface area (Å²) in [7, 11) is 0. The van der Waals surface area contributed by atoms with Gasteiger partial charge < -0.3 is 15.5 Å². The topological polar surface area (TPSA) is 44.4 Å². The van der Waals surface area contributed by atoms with Crippen LogP contribution in [0.1, 0.15) is 38.5 Å². The van der Waals surface area contributed by atoms with E-state index in [4.69, 9.17) is 0 Å². The van der Waals surface area contributed by atoms with Crippen molar-refractivity contribution in [2.24, 2.45) is 5.92 Å². The third-order valence-electron chi connectivity index (χ3n) is 5.09. The van der Waals surface area contributed by atoms with Gasteiger partial charge in [-0.2, -0.15) is 0 Å². The molecule has 1 aliphatic carbocycles. The summed E-state index contributed by atoms with van der Waals surface area (Å²) in [4.78, 5) is 14.7. The van der Waals surface area contributed by atoms with E-state index in [1.807, 2.05) is 0 Å². The summed E-state index contributed by atoms with van der Waals surface area (Å²) in [5.41, 5.74) is 0.576. The second kappa shape index (κ2) is 8.30. The van der Waals surface area contributed by atoms with Gasteiger partial charge in [0.15, 0.2) is 0 Å². The van der Waals surface area contributed by atoms with Crippen LogP contribution in [0.15, 0.2) is 22.7 Å². The van der Waals surface area contributed by atoms with Crippen LogP contribution in [0, 0.1) is 11.7 Å². The molecule has 132 valence electrons. The molecule has 0 spiro atoms. The highest BCUT2D eigenvalue weighted by molar-refractivity contribution is 9.10. The average Bonchev–Trinajstić information content (AvgIpc) is 3.05. The summed E-state index contributed by atoms with van der Waals surface area (Å²) >= 11 is 3.26. The highest BCUT2D eigenvalue weighted by Gasteiger charge is 2.24. The molecule has 3 rings (SSSR count). The summed E-state index contributed by atoms with van der Waals surface area (Å²) in [6.45, 7) is 3.34. The first-order valence-corrected chi connectivity index (χ1v) is 9.64. The number of amides is 2. The van der Waals surface area contributed by atoms with Crippen LogP contribution >= 0.6 is 15.9 Å². The van der Waals surface area contributed by atoms with Gasteiger partial charge in [-0.25, -0.2) is 9.18 Å². The van der Waals surface area contributed by atoms with Gasteiger partial charge in [-0.1, -0.05) is 12.8 Å². The fraction of sp³-hybridized carbons (Fsp3) is 0.611. The lowest BCUT2D eigenvalue weighted by Gasteiger charge is -2.33. The summed E-state index contributed by atoms with van der Waals surface area (Å²) in [6, 6.07) is 4.22. The Hall–Kier alpha value is -1.14. The van der Waals surface area contributed by atoms with Crippen LogP contribution < -0.4 is 10.6 Å². The minimum atomic E-state index is -0.331. The van der Waals surface area contributed by atoms with E-state index in [-0.39, 0.29) is 17.9 Å². The third-order valence-corrected chi connectivity index (χ3v) is 5.75. The molecule has 0 radical (unpaired) electrons. The maximum absolute atomic E-state index is 13.1. The minimum Gasteiger partial charge on any atom is -0.335 e. The molecule has 1 heterocycles. The van der Waals surface area contributed by atoms with Crippen LogP contribution in [0.2, 0.25) is 0 Å². The zero-order valence-electron chi connectivity index (χ0n) is 13.9. The molecular formula is C18H25BrFN3O. The lowest BCUT2D eigenvalue weighted by molar-refractivity contribution is 0.173. The molecule has 1 aliphatic heterocycles. The van der Waals surface area contributed by atoms with Gasteiger partial charge in [0.25, 0.3) is 0 Å². The van der Waals surface area contributed by atoms with E-state index in [0.717, 1.165) is 31.8 Å². The summed E-state index contributed by atoms with van der Waals surface area (Å²) < 4.78 is 13.6. The maximum Gasteiger partial charge on any atom is 0.319 e. The molecule has 1 saturated carbocycles. The van der Waals surface area contributed by atoms with Gasteiger partial charge in [0.05, 0.1) is 5.69 Å². The highest BCUT2D eigenvalue weighted by atomic mass is 79.9. The molecule has 1 saturated heterocycles. The molecule has 2 amide bonds. The van der Waals surface area contributed by atoms with E-state index in [0.29, 0.717) is 10.2 Å². The Bertz CT molecular complexity index is 569. The number of carbonyl (C=O) groups excluding carboxylic acids is 1. The number of hydrogen-bond acceptors (Lipinski definition) is 2. The number of benzene rings is 1. The van der Waals surface area contributed by atoms with Crippen LogP contribution in [0.5, 0.6) is 0 Å². The van der Waals surface area contributed by atoms with Crippen molar-refractivity contribution in [2.45, 2.75) is 44.6 Å². The first-order valence-electron chi connectivity index (χ1n) is 8.85. The predicted octanol–water partition coefficient (Wildman–Crippen LogP) is 4.36. The number of piperidine rings is 1. The van der Waals surface area contributed by atoms with Crippen molar-refractivity contribution in [3.63, 3.8) is 0 Å². The highest BCUT2D eigenvalue weighted by Crippen LogP contribution is 2.26. The van der Waals surface area contributed by atoms with Crippen LogP contribution in [-0.2, 0) is 0 Å². The van der Waals surface area contributed by atoms with Crippen molar-refractivity contribution in [3.8, 4) is 0 Å². The Morgan fingerprint density at radius 2 is 1.92 bits per heavy atom. The average molecular weight is 398 g/mol. The Morgan fingerprint density at radius 3 is 2.58 bits per heavy atom. The number of hydrogen-bond donors (Lipinski definition) is 2. The molecule has 6 heteroatoms. The third kappa shape index (κ3) is 4.93.